The number of halogens is 1. The maximum absolute atomic E-state index is 5.54. The molecule has 0 bridgehead atoms. The van der Waals surface area contributed by atoms with Crippen molar-refractivity contribution >= 4 is 11.0 Å². The van der Waals surface area contributed by atoms with Crippen LogP contribution in [0.25, 0.3) is 11.0 Å². The molecule has 1 aromatic heterocycles. The molecule has 0 fully saturated rings. The summed E-state index contributed by atoms with van der Waals surface area (Å²) in [6, 6.07) is 18.9. The summed E-state index contributed by atoms with van der Waals surface area (Å²) in [5, 5.41) is 0. The third kappa shape index (κ3) is 3.43. The Balaban J connectivity index is 0.00000161. The number of benzene rings is 2. The number of fused-ring (bicyclic) bond motifs is 1. The summed E-state index contributed by atoms with van der Waals surface area (Å²) in [5.74, 6) is 0. The molecule has 4 heteroatoms. The Morgan fingerprint density at radius 1 is 1.00 bits per heavy atom. The molecule has 0 radical (unpaired) electrons. The van der Waals surface area contributed by atoms with E-state index in [4.69, 9.17) is 4.74 Å². The molecule has 0 aliphatic carbocycles. The number of rotatable bonds is 5. The lowest BCUT2D eigenvalue weighted by atomic mass is 10.2. The van der Waals surface area contributed by atoms with Crippen LogP contribution in [0.2, 0.25) is 0 Å². The van der Waals surface area contributed by atoms with Crippen LogP contribution in [0.4, 0.5) is 0 Å². The number of ether oxygens (including phenoxy) is 1. The Morgan fingerprint density at radius 3 is 2.48 bits per heavy atom. The highest BCUT2D eigenvalue weighted by molar-refractivity contribution is 5.71. The number of aromatic nitrogens is 2. The van der Waals surface area contributed by atoms with Gasteiger partial charge in [0.05, 0.1) is 0 Å². The third-order valence-electron chi connectivity index (χ3n) is 3.41. The van der Waals surface area contributed by atoms with Gasteiger partial charge >= 0.3 is 0 Å². The van der Waals surface area contributed by atoms with Crippen molar-refractivity contribution in [2.45, 2.75) is 20.2 Å². The highest BCUT2D eigenvalue weighted by Crippen LogP contribution is 2.11. The fourth-order valence-corrected chi connectivity index (χ4v) is 2.44. The molecule has 0 unspecified atom stereocenters. The molecule has 21 heavy (non-hydrogen) atoms. The first-order valence-corrected chi connectivity index (χ1v) is 6.97. The third-order valence-corrected chi connectivity index (χ3v) is 3.41. The van der Waals surface area contributed by atoms with Crippen molar-refractivity contribution in [3.63, 3.8) is 0 Å². The average molecular weight is 303 g/mol. The fraction of sp³-hybridized carbons (Fsp3) is 0.235. The van der Waals surface area contributed by atoms with Gasteiger partial charge in [-0.2, -0.15) is 0 Å². The topological polar surface area (TPSA) is 18.0 Å². The summed E-state index contributed by atoms with van der Waals surface area (Å²) < 4.78 is 9.96. The van der Waals surface area contributed by atoms with Crippen LogP contribution < -0.4 is 17.0 Å². The lowest BCUT2D eigenvalue weighted by Gasteiger charge is -1.98. The smallest absolute Gasteiger partial charge is 0.246 e. The van der Waals surface area contributed by atoms with E-state index in [1.54, 1.807) is 0 Å². The first-order chi connectivity index (χ1) is 9.88. The van der Waals surface area contributed by atoms with Gasteiger partial charge in [0.25, 0.3) is 0 Å². The second kappa shape index (κ2) is 7.25. The van der Waals surface area contributed by atoms with E-state index in [9.17, 15) is 0 Å². The molecule has 0 amide bonds. The molecular weight excluding hydrogens is 284 g/mol. The molecule has 0 saturated carbocycles. The van der Waals surface area contributed by atoms with Gasteiger partial charge in [0.2, 0.25) is 6.33 Å². The molecule has 0 N–H and O–H groups in total. The lowest BCUT2D eigenvalue weighted by molar-refractivity contribution is -0.663. The van der Waals surface area contributed by atoms with E-state index in [1.165, 1.54) is 16.6 Å². The summed E-state index contributed by atoms with van der Waals surface area (Å²) in [7, 11) is 0. The molecule has 0 spiro atoms. The van der Waals surface area contributed by atoms with Crippen LogP contribution in [-0.2, 0) is 18.0 Å². The van der Waals surface area contributed by atoms with E-state index in [0.29, 0.717) is 6.73 Å². The van der Waals surface area contributed by atoms with Crippen molar-refractivity contribution in [3.8, 4) is 0 Å². The quantitative estimate of drug-likeness (QED) is 0.606. The molecule has 3 rings (SSSR count). The highest BCUT2D eigenvalue weighted by atomic mass is 35.5. The Bertz CT molecular complexity index is 694. The van der Waals surface area contributed by atoms with Crippen molar-refractivity contribution in [3.05, 3.63) is 66.5 Å². The van der Waals surface area contributed by atoms with Gasteiger partial charge in [0.15, 0.2) is 17.8 Å². The van der Waals surface area contributed by atoms with Crippen molar-refractivity contribution in [1.82, 2.24) is 4.57 Å². The standard InChI is InChI=1S/C17H19N2O.ClH/c1-2-20-14-19-13-18(12-15-8-4-3-5-9-15)16-10-6-7-11-17(16)19;/h3-11,13H,2,12,14H2,1H3;1H/q+1;/p-1. The number of nitrogens with zero attached hydrogens (tertiary/aromatic N) is 2. The van der Waals surface area contributed by atoms with Crippen LogP contribution >= 0.6 is 0 Å². The van der Waals surface area contributed by atoms with Crippen LogP contribution in [-0.4, -0.2) is 11.2 Å². The molecule has 3 aromatic rings. The molecule has 0 saturated heterocycles. The van der Waals surface area contributed by atoms with Crippen molar-refractivity contribution in [2.24, 2.45) is 0 Å². The molecule has 2 aromatic carbocycles. The number of para-hydroxylation sites is 2. The fourth-order valence-electron chi connectivity index (χ4n) is 2.44. The first kappa shape index (κ1) is 15.5. The van der Waals surface area contributed by atoms with Crippen LogP contribution in [0.3, 0.4) is 0 Å². The lowest BCUT2D eigenvalue weighted by Crippen LogP contribution is -3.00. The predicted octanol–water partition coefficient (Wildman–Crippen LogP) is -0.0249. The molecule has 1 heterocycles. The van der Waals surface area contributed by atoms with E-state index in [1.807, 2.05) is 13.0 Å². The summed E-state index contributed by atoms with van der Waals surface area (Å²) in [6.07, 6.45) is 2.13. The Labute approximate surface area is 131 Å². The maximum atomic E-state index is 5.54. The minimum Gasteiger partial charge on any atom is -1.00 e. The van der Waals surface area contributed by atoms with Gasteiger partial charge in [-0.3, -0.25) is 0 Å². The van der Waals surface area contributed by atoms with Crippen LogP contribution in [0.5, 0.6) is 0 Å². The van der Waals surface area contributed by atoms with Crippen LogP contribution in [0, 0.1) is 0 Å². The SMILES string of the molecule is CCOCn1c[n+](Cc2ccccc2)c2ccccc21.[Cl-]. The summed E-state index contributed by atoms with van der Waals surface area (Å²) in [6.45, 7) is 4.22. The normalized spacial score (nSPS) is 10.5. The zero-order chi connectivity index (χ0) is 13.8. The molecule has 110 valence electrons. The molecule has 0 aliphatic heterocycles. The van der Waals surface area contributed by atoms with Crippen molar-refractivity contribution in [2.75, 3.05) is 6.61 Å². The molecule has 3 nitrogen and oxygen atoms in total. The van der Waals surface area contributed by atoms with Gasteiger partial charge in [-0.1, -0.05) is 42.5 Å². The minimum absolute atomic E-state index is 0. The van der Waals surface area contributed by atoms with Crippen LogP contribution in [0.15, 0.2) is 60.9 Å². The number of hydrogen-bond donors (Lipinski definition) is 0. The second-order valence-electron chi connectivity index (χ2n) is 4.81. The van der Waals surface area contributed by atoms with Gasteiger partial charge < -0.3 is 17.1 Å². The van der Waals surface area contributed by atoms with Crippen molar-refractivity contribution < 1.29 is 21.7 Å². The number of hydrogen-bond acceptors (Lipinski definition) is 1. The Morgan fingerprint density at radius 2 is 1.71 bits per heavy atom. The Hall–Kier alpha value is -1.84. The van der Waals surface area contributed by atoms with Gasteiger partial charge in [-0.15, -0.1) is 0 Å². The second-order valence-corrected chi connectivity index (χ2v) is 4.81. The van der Waals surface area contributed by atoms with Gasteiger partial charge in [0, 0.05) is 6.61 Å². The molecule has 0 atom stereocenters. The van der Waals surface area contributed by atoms with Gasteiger partial charge in [0.1, 0.15) is 6.54 Å². The van der Waals surface area contributed by atoms with E-state index in [2.05, 4.69) is 64.0 Å². The molecular formula is C17H19ClN2O. The van der Waals surface area contributed by atoms with E-state index in [-0.39, 0.29) is 12.4 Å². The number of imidazole rings is 1. The predicted molar refractivity (Wildman–Crippen MR) is 79.3 cm³/mol. The summed E-state index contributed by atoms with van der Waals surface area (Å²) in [5.41, 5.74) is 3.74. The largest absolute Gasteiger partial charge is 1.00 e. The summed E-state index contributed by atoms with van der Waals surface area (Å²) >= 11 is 0. The van der Waals surface area contributed by atoms with Gasteiger partial charge in [-0.25, -0.2) is 9.13 Å². The first-order valence-electron chi connectivity index (χ1n) is 6.97. The van der Waals surface area contributed by atoms with Crippen LogP contribution in [0.1, 0.15) is 12.5 Å². The zero-order valence-corrected chi connectivity index (χ0v) is 12.8. The molecule has 0 aliphatic rings. The summed E-state index contributed by atoms with van der Waals surface area (Å²) in [4.78, 5) is 0. The highest BCUT2D eigenvalue weighted by Gasteiger charge is 2.14. The zero-order valence-electron chi connectivity index (χ0n) is 12.1. The van der Waals surface area contributed by atoms with E-state index >= 15 is 0 Å². The Kier molecular flexibility index (Phi) is 5.37. The minimum atomic E-state index is 0. The van der Waals surface area contributed by atoms with Gasteiger partial charge in [-0.05, 0) is 24.6 Å². The van der Waals surface area contributed by atoms with E-state index in [0.717, 1.165) is 13.2 Å². The average Bonchev–Trinajstić information content (AvgIpc) is 2.85. The van der Waals surface area contributed by atoms with Crippen molar-refractivity contribution in [1.29, 1.82) is 0 Å². The monoisotopic (exact) mass is 302 g/mol. The van der Waals surface area contributed by atoms with E-state index < -0.39 is 0 Å². The maximum Gasteiger partial charge on any atom is 0.246 e.